The largest absolute Gasteiger partial charge is 0.382 e. The molecule has 1 N–H and O–H groups in total. The van der Waals surface area contributed by atoms with Crippen molar-refractivity contribution in [3.63, 3.8) is 0 Å². The fourth-order valence-electron chi connectivity index (χ4n) is 4.69. The Morgan fingerprint density at radius 1 is 0.861 bits per heavy atom. The molecular formula is C27H23Cl2N7. The molecule has 0 saturated carbocycles. The lowest BCUT2D eigenvalue weighted by atomic mass is 10.0. The second-order valence-corrected chi connectivity index (χ2v) is 9.58. The van der Waals surface area contributed by atoms with Crippen LogP contribution in [-0.4, -0.2) is 43.6 Å². The van der Waals surface area contributed by atoms with Gasteiger partial charge >= 0.3 is 0 Å². The van der Waals surface area contributed by atoms with Gasteiger partial charge in [0.2, 0.25) is 0 Å². The summed E-state index contributed by atoms with van der Waals surface area (Å²) in [5.41, 5.74) is 4.32. The van der Waals surface area contributed by atoms with Crippen LogP contribution < -0.4 is 10.2 Å². The smallest absolute Gasteiger partial charge is 0.170 e. The van der Waals surface area contributed by atoms with E-state index in [-0.39, 0.29) is 0 Å². The monoisotopic (exact) mass is 515 g/mol. The normalized spacial score (nSPS) is 14.3. The number of nitrogens with one attached hydrogen (secondary N) is 1. The van der Waals surface area contributed by atoms with E-state index in [1.54, 1.807) is 6.33 Å². The highest BCUT2D eigenvalue weighted by atomic mass is 35.5. The van der Waals surface area contributed by atoms with Crippen molar-refractivity contribution < 1.29 is 0 Å². The third-order valence-electron chi connectivity index (χ3n) is 6.47. The van der Waals surface area contributed by atoms with E-state index in [1.165, 1.54) is 0 Å². The molecule has 0 bridgehead atoms. The van der Waals surface area contributed by atoms with Crippen LogP contribution in [-0.2, 0) is 0 Å². The lowest BCUT2D eigenvalue weighted by Gasteiger charge is -2.33. The highest BCUT2D eigenvalue weighted by molar-refractivity contribution is 6.33. The molecule has 5 aromatic rings. The van der Waals surface area contributed by atoms with Gasteiger partial charge in [0.1, 0.15) is 12.2 Å². The average molecular weight is 516 g/mol. The van der Waals surface area contributed by atoms with Gasteiger partial charge in [-0.15, -0.1) is 0 Å². The van der Waals surface area contributed by atoms with Crippen molar-refractivity contribution in [3.05, 3.63) is 89.4 Å². The lowest BCUT2D eigenvalue weighted by Crippen LogP contribution is -2.39. The van der Waals surface area contributed by atoms with Crippen LogP contribution in [0.4, 0.5) is 11.5 Å². The third kappa shape index (κ3) is 4.36. The van der Waals surface area contributed by atoms with Crippen LogP contribution in [0.5, 0.6) is 0 Å². The first-order chi connectivity index (χ1) is 17.7. The number of rotatable bonds is 5. The third-order valence-corrected chi connectivity index (χ3v) is 7.05. The van der Waals surface area contributed by atoms with Gasteiger partial charge < -0.3 is 10.2 Å². The molecule has 1 fully saturated rings. The standard InChI is InChI=1S/C27H23Cl2N7/c28-18-5-7-21(8-6-18)36-25(22-3-1-2-4-23(22)29)34-24-26(31-17-32-27(24)36)35-15-11-20(12-16-35)33-19-9-13-30-14-10-19/h1-10,13-14,17,20H,11-12,15-16H2,(H,30,33). The zero-order valence-corrected chi connectivity index (χ0v) is 20.9. The van der Waals surface area contributed by atoms with E-state index in [4.69, 9.17) is 28.2 Å². The molecule has 1 aliphatic rings. The van der Waals surface area contributed by atoms with Gasteiger partial charge in [0.25, 0.3) is 0 Å². The maximum Gasteiger partial charge on any atom is 0.170 e. The van der Waals surface area contributed by atoms with Crippen LogP contribution in [0.25, 0.3) is 28.2 Å². The summed E-state index contributed by atoms with van der Waals surface area (Å²) in [4.78, 5) is 20.8. The Kier molecular flexibility index (Phi) is 6.17. The summed E-state index contributed by atoms with van der Waals surface area (Å²) in [6, 6.07) is 19.8. The fraction of sp³-hybridized carbons (Fsp3) is 0.185. The van der Waals surface area contributed by atoms with E-state index in [2.05, 4.69) is 25.2 Å². The first-order valence-electron chi connectivity index (χ1n) is 11.8. The van der Waals surface area contributed by atoms with Gasteiger partial charge in [0, 0.05) is 53.5 Å². The van der Waals surface area contributed by atoms with E-state index in [0.29, 0.717) is 21.9 Å². The molecule has 0 unspecified atom stereocenters. The van der Waals surface area contributed by atoms with E-state index >= 15 is 0 Å². The molecule has 0 aliphatic carbocycles. The molecule has 7 nitrogen and oxygen atoms in total. The molecule has 0 spiro atoms. The average Bonchev–Trinajstić information content (AvgIpc) is 3.30. The molecule has 36 heavy (non-hydrogen) atoms. The minimum atomic E-state index is 0.395. The summed E-state index contributed by atoms with van der Waals surface area (Å²) in [6.45, 7) is 1.73. The Morgan fingerprint density at radius 2 is 1.61 bits per heavy atom. The van der Waals surface area contributed by atoms with Crippen molar-refractivity contribution in [3.8, 4) is 17.1 Å². The quantitative estimate of drug-likeness (QED) is 0.297. The summed E-state index contributed by atoms with van der Waals surface area (Å²) in [5, 5.41) is 4.91. The SMILES string of the molecule is Clc1ccc(-n2c(-c3ccccc3Cl)nc3c(N4CCC(Nc5ccncc5)CC4)ncnc32)cc1. The first kappa shape index (κ1) is 22.8. The van der Waals surface area contributed by atoms with Crippen LogP contribution in [0.15, 0.2) is 79.4 Å². The van der Waals surface area contributed by atoms with E-state index in [9.17, 15) is 0 Å². The summed E-state index contributed by atoms with van der Waals surface area (Å²) in [5.74, 6) is 1.55. The van der Waals surface area contributed by atoms with Crippen LogP contribution in [0, 0.1) is 0 Å². The molecule has 2 aromatic carbocycles. The second-order valence-electron chi connectivity index (χ2n) is 8.74. The molecule has 4 heterocycles. The Balaban J connectivity index is 1.38. The second kappa shape index (κ2) is 9.76. The van der Waals surface area contributed by atoms with Gasteiger partial charge in [-0.05, 0) is 61.4 Å². The van der Waals surface area contributed by atoms with Crippen molar-refractivity contribution in [2.24, 2.45) is 0 Å². The maximum atomic E-state index is 6.61. The molecule has 1 saturated heterocycles. The molecule has 0 amide bonds. The Morgan fingerprint density at radius 3 is 2.36 bits per heavy atom. The summed E-state index contributed by atoms with van der Waals surface area (Å²) >= 11 is 12.8. The van der Waals surface area contributed by atoms with Gasteiger partial charge in [-0.3, -0.25) is 9.55 Å². The van der Waals surface area contributed by atoms with Crippen LogP contribution in [0.1, 0.15) is 12.8 Å². The number of halogens is 2. The maximum absolute atomic E-state index is 6.61. The number of benzene rings is 2. The number of aromatic nitrogens is 5. The van der Waals surface area contributed by atoms with Crippen molar-refractivity contribution in [1.82, 2.24) is 24.5 Å². The minimum absolute atomic E-state index is 0.395. The Hall–Kier alpha value is -3.68. The van der Waals surface area contributed by atoms with Gasteiger partial charge in [-0.25, -0.2) is 15.0 Å². The Labute approximate surface area is 218 Å². The number of fused-ring (bicyclic) bond motifs is 1. The molecule has 9 heteroatoms. The number of nitrogens with zero attached hydrogens (tertiary/aromatic N) is 6. The Bertz CT molecular complexity index is 1490. The van der Waals surface area contributed by atoms with Crippen molar-refractivity contribution in [1.29, 1.82) is 0 Å². The molecule has 0 radical (unpaired) electrons. The van der Waals surface area contributed by atoms with Crippen molar-refractivity contribution in [2.75, 3.05) is 23.3 Å². The summed E-state index contributed by atoms with van der Waals surface area (Å²) in [7, 11) is 0. The van der Waals surface area contributed by atoms with Gasteiger partial charge in [0.05, 0.1) is 5.02 Å². The number of pyridine rings is 1. The molecular weight excluding hydrogens is 493 g/mol. The van der Waals surface area contributed by atoms with E-state index in [0.717, 1.165) is 59.9 Å². The molecule has 1 aliphatic heterocycles. The van der Waals surface area contributed by atoms with Crippen molar-refractivity contribution >= 4 is 45.9 Å². The molecule has 6 rings (SSSR count). The number of piperidine rings is 1. The predicted octanol–water partition coefficient (Wildman–Crippen LogP) is 6.27. The van der Waals surface area contributed by atoms with Crippen molar-refractivity contribution in [2.45, 2.75) is 18.9 Å². The molecule has 3 aromatic heterocycles. The number of hydrogen-bond donors (Lipinski definition) is 1. The van der Waals surface area contributed by atoms with Gasteiger partial charge in [0.15, 0.2) is 17.0 Å². The predicted molar refractivity (Wildman–Crippen MR) is 145 cm³/mol. The van der Waals surface area contributed by atoms with E-state index in [1.807, 2.05) is 77.6 Å². The van der Waals surface area contributed by atoms with Gasteiger partial charge in [-0.1, -0.05) is 35.3 Å². The number of anilines is 2. The first-order valence-corrected chi connectivity index (χ1v) is 12.6. The summed E-state index contributed by atoms with van der Waals surface area (Å²) < 4.78 is 2.02. The topological polar surface area (TPSA) is 71.8 Å². The highest BCUT2D eigenvalue weighted by Crippen LogP contribution is 2.35. The highest BCUT2D eigenvalue weighted by Gasteiger charge is 2.25. The van der Waals surface area contributed by atoms with Crippen LogP contribution in [0.3, 0.4) is 0 Å². The van der Waals surface area contributed by atoms with Gasteiger partial charge in [-0.2, -0.15) is 0 Å². The van der Waals surface area contributed by atoms with E-state index < -0.39 is 0 Å². The lowest BCUT2D eigenvalue weighted by molar-refractivity contribution is 0.524. The summed E-state index contributed by atoms with van der Waals surface area (Å²) in [6.07, 6.45) is 7.21. The molecule has 180 valence electrons. The molecule has 0 atom stereocenters. The minimum Gasteiger partial charge on any atom is -0.382 e. The fourth-order valence-corrected chi connectivity index (χ4v) is 5.04. The zero-order valence-electron chi connectivity index (χ0n) is 19.4. The van der Waals surface area contributed by atoms with Crippen LogP contribution in [0.2, 0.25) is 10.0 Å². The zero-order chi connectivity index (χ0) is 24.5. The van der Waals surface area contributed by atoms with Crippen LogP contribution >= 0.6 is 23.2 Å². The number of imidazole rings is 1. The number of hydrogen-bond acceptors (Lipinski definition) is 6.